The maximum absolute atomic E-state index is 13.3. The van der Waals surface area contributed by atoms with E-state index < -0.39 is 15.8 Å². The number of sulfone groups is 1. The first kappa shape index (κ1) is 19.5. The molecule has 150 valence electrons. The summed E-state index contributed by atoms with van der Waals surface area (Å²) in [5.74, 6) is -1.33. The molecule has 6 nitrogen and oxygen atoms in total. The van der Waals surface area contributed by atoms with Crippen molar-refractivity contribution in [2.24, 2.45) is 4.99 Å². The minimum absolute atomic E-state index is 0.00573. The van der Waals surface area contributed by atoms with Gasteiger partial charge in [0.2, 0.25) is 5.91 Å². The summed E-state index contributed by atoms with van der Waals surface area (Å²) in [6.45, 7) is 3.84. The van der Waals surface area contributed by atoms with Crippen LogP contribution in [0.15, 0.2) is 47.5 Å². The molecule has 0 unspecified atom stereocenters. The lowest BCUT2D eigenvalue weighted by Gasteiger charge is -2.31. The van der Waals surface area contributed by atoms with E-state index in [1.807, 2.05) is 32.0 Å². The molecular weight excluding hydrogens is 388 g/mol. The van der Waals surface area contributed by atoms with Gasteiger partial charge in [-0.2, -0.15) is 0 Å². The molecular formula is C22H22N2O4S. The van der Waals surface area contributed by atoms with Crippen molar-refractivity contribution < 1.29 is 18.0 Å². The Hall–Kier alpha value is -2.80. The number of benzene rings is 2. The third kappa shape index (κ3) is 3.74. The van der Waals surface area contributed by atoms with Crippen molar-refractivity contribution in [1.29, 1.82) is 0 Å². The molecule has 1 saturated heterocycles. The van der Waals surface area contributed by atoms with Crippen LogP contribution < -0.4 is 4.90 Å². The van der Waals surface area contributed by atoms with Gasteiger partial charge in [0.15, 0.2) is 9.84 Å². The number of carbonyl (C=O) groups excluding carboxylic acids is 2. The van der Waals surface area contributed by atoms with Gasteiger partial charge in [0, 0.05) is 11.8 Å². The van der Waals surface area contributed by atoms with E-state index in [0.717, 1.165) is 11.1 Å². The lowest BCUT2D eigenvalue weighted by Crippen LogP contribution is -2.45. The zero-order valence-corrected chi connectivity index (χ0v) is 17.1. The highest BCUT2D eigenvalue weighted by molar-refractivity contribution is 7.91. The summed E-state index contributed by atoms with van der Waals surface area (Å²) in [6, 6.07) is 12.3. The van der Waals surface area contributed by atoms with Crippen molar-refractivity contribution in [3.8, 4) is 0 Å². The molecule has 0 saturated carbocycles. The number of rotatable bonds is 3. The van der Waals surface area contributed by atoms with Crippen LogP contribution >= 0.6 is 0 Å². The molecule has 0 N–H and O–H groups in total. The molecule has 0 radical (unpaired) electrons. The maximum atomic E-state index is 13.3. The Morgan fingerprint density at radius 3 is 2.41 bits per heavy atom. The third-order valence-corrected chi connectivity index (χ3v) is 7.09. The molecule has 2 amide bonds. The minimum atomic E-state index is -3.06. The number of carbonyl (C=O) groups is 2. The number of hydrogen-bond acceptors (Lipinski definition) is 5. The van der Waals surface area contributed by atoms with Gasteiger partial charge in [0.1, 0.15) is 0 Å². The average molecular weight is 410 g/mol. The molecule has 2 aliphatic rings. The number of imide groups is 1. The van der Waals surface area contributed by atoms with Crippen molar-refractivity contribution >= 4 is 33.6 Å². The van der Waals surface area contributed by atoms with E-state index in [1.165, 1.54) is 11.1 Å². The predicted molar refractivity (Wildman–Crippen MR) is 112 cm³/mol. The molecule has 4 rings (SSSR count). The van der Waals surface area contributed by atoms with Crippen LogP contribution in [0.25, 0.3) is 0 Å². The van der Waals surface area contributed by atoms with Gasteiger partial charge in [-0.05, 0) is 55.2 Å². The van der Waals surface area contributed by atoms with Crippen molar-refractivity contribution in [1.82, 2.24) is 0 Å². The molecule has 2 aliphatic heterocycles. The molecule has 0 aliphatic carbocycles. The second-order valence-electron chi connectivity index (χ2n) is 7.74. The van der Waals surface area contributed by atoms with Gasteiger partial charge in [0.05, 0.1) is 29.2 Å². The zero-order chi connectivity index (χ0) is 20.8. The van der Waals surface area contributed by atoms with Gasteiger partial charge >= 0.3 is 0 Å². The summed E-state index contributed by atoms with van der Waals surface area (Å²) in [5.41, 5.74) is 3.52. The first-order valence-corrected chi connectivity index (χ1v) is 11.4. The van der Waals surface area contributed by atoms with Gasteiger partial charge in [0.25, 0.3) is 5.91 Å². The monoisotopic (exact) mass is 410 g/mol. The summed E-state index contributed by atoms with van der Waals surface area (Å²) in [7, 11) is -3.06. The summed E-state index contributed by atoms with van der Waals surface area (Å²) < 4.78 is 23.4. The molecule has 1 fully saturated rings. The predicted octanol–water partition coefficient (Wildman–Crippen LogP) is 2.83. The number of hydrogen-bond donors (Lipinski definition) is 0. The molecule has 0 aromatic heterocycles. The molecule has 7 heteroatoms. The average Bonchev–Trinajstić information content (AvgIpc) is 3.00. The zero-order valence-electron chi connectivity index (χ0n) is 16.3. The first-order valence-electron chi connectivity index (χ1n) is 9.54. The van der Waals surface area contributed by atoms with E-state index >= 15 is 0 Å². The number of aliphatic imine (C=N–C) groups is 1. The van der Waals surface area contributed by atoms with E-state index in [2.05, 4.69) is 4.99 Å². The first-order chi connectivity index (χ1) is 13.7. The molecule has 0 spiro atoms. The van der Waals surface area contributed by atoms with Crippen LogP contribution in [-0.4, -0.2) is 44.0 Å². The highest BCUT2D eigenvalue weighted by Crippen LogP contribution is 2.33. The Labute approximate surface area is 170 Å². The van der Waals surface area contributed by atoms with E-state index in [0.29, 0.717) is 23.2 Å². The summed E-state index contributed by atoms with van der Waals surface area (Å²) in [5, 5.41) is 0. The standard InChI is InChI=1S/C22H22N2O4S/c1-14-9-15(2)11-17(10-14)24-21(25)19-6-4-3-5-18(19)20(22(24)26)12-23-16-7-8-29(27,28)13-16/h3-6,9-12,16,20H,7-8,13H2,1-2H3/t16-,20+/m0/s1. The Balaban J connectivity index is 1.75. The van der Waals surface area contributed by atoms with E-state index in [4.69, 9.17) is 0 Å². The van der Waals surface area contributed by atoms with Crippen molar-refractivity contribution in [3.05, 3.63) is 64.7 Å². The van der Waals surface area contributed by atoms with E-state index in [-0.39, 0.29) is 29.4 Å². The van der Waals surface area contributed by atoms with Gasteiger partial charge < -0.3 is 0 Å². The molecule has 29 heavy (non-hydrogen) atoms. The van der Waals surface area contributed by atoms with Crippen LogP contribution in [-0.2, 0) is 14.6 Å². The smallest absolute Gasteiger partial charge is 0.265 e. The number of amides is 2. The second-order valence-corrected chi connectivity index (χ2v) is 9.97. The fraction of sp³-hybridized carbons (Fsp3) is 0.318. The van der Waals surface area contributed by atoms with E-state index in [9.17, 15) is 18.0 Å². The topological polar surface area (TPSA) is 83.9 Å². The maximum Gasteiger partial charge on any atom is 0.265 e. The molecule has 0 bridgehead atoms. The highest BCUT2D eigenvalue weighted by Gasteiger charge is 2.39. The molecule has 2 heterocycles. The lowest BCUT2D eigenvalue weighted by molar-refractivity contribution is -0.118. The van der Waals surface area contributed by atoms with Crippen LogP contribution in [0.3, 0.4) is 0 Å². The second kappa shape index (κ2) is 7.22. The quantitative estimate of drug-likeness (QED) is 0.575. The lowest BCUT2D eigenvalue weighted by atomic mass is 9.88. The Morgan fingerprint density at radius 2 is 1.76 bits per heavy atom. The Morgan fingerprint density at radius 1 is 1.07 bits per heavy atom. The molecule has 2 aromatic carbocycles. The van der Waals surface area contributed by atoms with Crippen molar-refractivity contribution in [2.45, 2.75) is 32.2 Å². The highest BCUT2D eigenvalue weighted by atomic mass is 32.2. The number of nitrogens with zero attached hydrogens (tertiary/aromatic N) is 2. The van der Waals surface area contributed by atoms with Crippen LogP contribution in [0.4, 0.5) is 5.69 Å². The SMILES string of the molecule is Cc1cc(C)cc(N2C(=O)c3ccccc3[C@@H](C=N[C@H]3CCS(=O)(=O)C3)C2=O)c1. The van der Waals surface area contributed by atoms with Crippen LogP contribution in [0.5, 0.6) is 0 Å². The summed E-state index contributed by atoms with van der Waals surface area (Å²) >= 11 is 0. The summed E-state index contributed by atoms with van der Waals surface area (Å²) in [6.07, 6.45) is 1.98. The third-order valence-electron chi connectivity index (χ3n) is 5.33. The number of anilines is 1. The number of fused-ring (bicyclic) bond motifs is 1. The van der Waals surface area contributed by atoms with Gasteiger partial charge in [-0.1, -0.05) is 24.3 Å². The molecule has 2 aromatic rings. The fourth-order valence-corrected chi connectivity index (χ4v) is 5.66. The van der Waals surface area contributed by atoms with Crippen LogP contribution in [0.1, 0.15) is 39.4 Å². The molecule has 2 atom stereocenters. The largest absolute Gasteiger partial charge is 0.292 e. The minimum Gasteiger partial charge on any atom is -0.292 e. The Bertz CT molecular complexity index is 1120. The van der Waals surface area contributed by atoms with Gasteiger partial charge in [-0.3, -0.25) is 14.6 Å². The fourth-order valence-electron chi connectivity index (χ4n) is 4.02. The van der Waals surface area contributed by atoms with Crippen LogP contribution in [0, 0.1) is 13.8 Å². The summed E-state index contributed by atoms with van der Waals surface area (Å²) in [4.78, 5) is 32.1. The Kier molecular flexibility index (Phi) is 4.86. The van der Waals surface area contributed by atoms with Crippen LogP contribution in [0.2, 0.25) is 0 Å². The number of aryl methyl sites for hydroxylation is 2. The van der Waals surface area contributed by atoms with Gasteiger partial charge in [-0.25, -0.2) is 13.3 Å². The van der Waals surface area contributed by atoms with E-state index in [1.54, 1.807) is 24.3 Å². The van der Waals surface area contributed by atoms with Gasteiger partial charge in [-0.15, -0.1) is 0 Å². The normalized spacial score (nSPS) is 23.6. The van der Waals surface area contributed by atoms with Crippen molar-refractivity contribution in [2.75, 3.05) is 16.4 Å². The van der Waals surface area contributed by atoms with Crippen molar-refractivity contribution in [3.63, 3.8) is 0 Å².